The summed E-state index contributed by atoms with van der Waals surface area (Å²) in [5, 5.41) is 0. The van der Waals surface area contributed by atoms with E-state index in [2.05, 4.69) is 19.8 Å². The first-order chi connectivity index (χ1) is 1.00. The summed E-state index contributed by atoms with van der Waals surface area (Å²) in [4.78, 5) is 0. The molecule has 0 fully saturated rings. The summed E-state index contributed by atoms with van der Waals surface area (Å²) in [6.07, 6.45) is 0. The molecule has 0 heterocycles. The Labute approximate surface area is 56.1 Å². The van der Waals surface area contributed by atoms with E-state index in [4.69, 9.17) is 0 Å². The molecule has 4 heavy (non-hydrogen) atoms. The van der Waals surface area contributed by atoms with Gasteiger partial charge < -0.3 is 0 Å². The van der Waals surface area contributed by atoms with E-state index in [9.17, 15) is 0 Å². The van der Waals surface area contributed by atoms with Crippen LogP contribution in [-0.4, -0.2) is 36.5 Å². The molecule has 0 rings (SSSR count). The first-order valence-corrected chi connectivity index (χ1v) is 1.84. The summed E-state index contributed by atoms with van der Waals surface area (Å²) < 4.78 is 0. The summed E-state index contributed by atoms with van der Waals surface area (Å²) in [6, 6.07) is 0. The van der Waals surface area contributed by atoms with Crippen molar-refractivity contribution in [2.24, 2.45) is 0 Å². The Balaban J connectivity index is -0.00000000500. The Bertz CT molecular complexity index is 8.00. The van der Waals surface area contributed by atoms with E-state index in [1.54, 1.807) is 0 Å². The van der Waals surface area contributed by atoms with Crippen molar-refractivity contribution in [3.05, 3.63) is 0 Å². The van der Waals surface area contributed by atoms with Gasteiger partial charge in [0.1, 0.15) is 0 Å². The number of rotatable bonds is 0. The van der Waals surface area contributed by atoms with Crippen LogP contribution in [0.2, 0.25) is 0 Å². The van der Waals surface area contributed by atoms with Crippen LogP contribution in [0.3, 0.4) is 0 Å². The maximum Gasteiger partial charge on any atom is 0 e. The zero-order valence-corrected chi connectivity index (χ0v) is 3.72. The molecule has 0 aliphatic rings. The Kier molecular flexibility index (Phi) is 98.4. The van der Waals surface area contributed by atoms with E-state index >= 15 is 0 Å². The van der Waals surface area contributed by atoms with Crippen LogP contribution < -0.4 is 0 Å². The van der Waals surface area contributed by atoms with Gasteiger partial charge in [0.05, 0.1) is 0 Å². The molecule has 0 bridgehead atoms. The quantitative estimate of drug-likeness (QED) is 0.305. The molecule has 0 atom stereocenters. The Morgan fingerprint density at radius 2 is 1.25 bits per heavy atom. The second kappa shape index (κ2) is 22.7. The van der Waals surface area contributed by atoms with Crippen molar-refractivity contribution in [1.29, 1.82) is 0 Å². The molecule has 1 radical (unpaired) electrons. The topological polar surface area (TPSA) is 0 Å². The Morgan fingerprint density at radius 3 is 1.25 bits per heavy atom. The third-order valence-corrected chi connectivity index (χ3v) is 0. The van der Waals surface area contributed by atoms with E-state index in [-0.39, 0.29) is 36.5 Å². The predicted octanol–water partition coefficient (Wildman–Crippen LogP) is -1.24. The van der Waals surface area contributed by atoms with Crippen LogP contribution in [0.5, 0.6) is 0 Å². The fraction of sp³-hybridized carbons (Fsp3) is 0. The molecule has 0 spiro atoms. The van der Waals surface area contributed by atoms with Gasteiger partial charge in [0, 0.05) is 18.9 Å². The van der Waals surface area contributed by atoms with Crippen LogP contribution in [0.15, 0.2) is 0 Å². The molecule has 0 aromatic heterocycles. The van der Waals surface area contributed by atoms with Gasteiger partial charge in [0.25, 0.3) is 0 Å². The standard InChI is InChI=1S/GeH4.Li.HPS/c;;1-2/h1H4;;1H. The van der Waals surface area contributed by atoms with Crippen LogP contribution >= 0.6 is 8.02 Å². The minimum absolute atomic E-state index is 0. The fourth-order valence-electron chi connectivity index (χ4n) is 0. The molecule has 0 N–H and O–H groups in total. The van der Waals surface area contributed by atoms with Gasteiger partial charge in [0.2, 0.25) is 0 Å². The average molecular weight is 148 g/mol. The zero-order chi connectivity index (χ0) is 2.00. The van der Waals surface area contributed by atoms with Crippen molar-refractivity contribution in [2.75, 3.05) is 0 Å². The normalized spacial score (nSPS) is 1.00. The molecule has 0 aliphatic heterocycles. The molecule has 0 saturated heterocycles. The van der Waals surface area contributed by atoms with Gasteiger partial charge in [-0.15, -0.1) is 0 Å². The van der Waals surface area contributed by atoms with Gasteiger partial charge in [-0.05, 0) is 8.02 Å². The van der Waals surface area contributed by atoms with E-state index in [0.29, 0.717) is 0 Å². The summed E-state index contributed by atoms with van der Waals surface area (Å²) in [5.41, 5.74) is 0. The molecule has 21 valence electrons. The minimum atomic E-state index is 0. The summed E-state index contributed by atoms with van der Waals surface area (Å²) in [6.45, 7) is 0. The molecule has 0 aliphatic carbocycles. The Morgan fingerprint density at radius 1 is 1.25 bits per heavy atom. The second-order valence-electron chi connectivity index (χ2n) is 0. The van der Waals surface area contributed by atoms with Crippen LogP contribution in [0.25, 0.3) is 0 Å². The summed E-state index contributed by atoms with van der Waals surface area (Å²) in [5.74, 6) is 0. The predicted molar refractivity (Wildman–Crippen MR) is 32.8 cm³/mol. The molecule has 0 amide bonds. The smallest absolute Gasteiger partial charge is 0 e. The van der Waals surface area contributed by atoms with Crippen molar-refractivity contribution < 1.29 is 0 Å². The van der Waals surface area contributed by atoms with Crippen molar-refractivity contribution in [1.82, 2.24) is 0 Å². The SMILES string of the molecule is P=S.[GeH4].[Li]. The molecule has 0 aromatic rings. The maximum absolute atomic E-state index is 3.89. The van der Waals surface area contributed by atoms with Crippen LogP contribution in [-0.2, 0) is 11.8 Å². The molecular weight excluding hydrogens is 143 g/mol. The van der Waals surface area contributed by atoms with Gasteiger partial charge in [-0.3, -0.25) is 0 Å². The zero-order valence-electron chi connectivity index (χ0n) is 1.91. The van der Waals surface area contributed by atoms with Crippen molar-refractivity contribution >= 4 is 56.3 Å². The van der Waals surface area contributed by atoms with Crippen molar-refractivity contribution in [3.63, 3.8) is 0 Å². The van der Waals surface area contributed by atoms with Crippen molar-refractivity contribution in [3.8, 4) is 0 Å². The number of hydrogen-bond donors (Lipinski definition) is 0. The third-order valence-electron chi connectivity index (χ3n) is 0. The minimum Gasteiger partial charge on any atom is 0 e. The largest absolute Gasteiger partial charge is 0 e. The average Bonchev–Trinajstić information content (AvgIpc) is 1.00. The molecule has 0 nitrogen and oxygen atoms in total. The van der Waals surface area contributed by atoms with Gasteiger partial charge >= 0.3 is 17.6 Å². The fourth-order valence-corrected chi connectivity index (χ4v) is 0. The van der Waals surface area contributed by atoms with Gasteiger partial charge in [-0.1, -0.05) is 11.8 Å². The summed E-state index contributed by atoms with van der Waals surface area (Å²) in [7, 11) is 2.56. The van der Waals surface area contributed by atoms with E-state index in [1.807, 2.05) is 0 Å². The maximum atomic E-state index is 3.89. The Hall–Kier alpha value is 1.66. The molecule has 0 unspecified atom stereocenters. The summed E-state index contributed by atoms with van der Waals surface area (Å²) >= 11 is 3.89. The van der Waals surface area contributed by atoms with Gasteiger partial charge in [-0.25, -0.2) is 0 Å². The van der Waals surface area contributed by atoms with Crippen molar-refractivity contribution in [2.45, 2.75) is 0 Å². The third kappa shape index (κ3) is 9.40. The molecule has 0 saturated carbocycles. The first-order valence-electron chi connectivity index (χ1n) is 0.204. The van der Waals surface area contributed by atoms with Gasteiger partial charge in [-0.2, -0.15) is 0 Å². The van der Waals surface area contributed by atoms with E-state index in [1.165, 1.54) is 0 Å². The molecular formula is H5GeLiPS. The second-order valence-corrected chi connectivity index (χ2v) is 0. The van der Waals surface area contributed by atoms with Gasteiger partial charge in [0.15, 0.2) is 0 Å². The van der Waals surface area contributed by atoms with E-state index < -0.39 is 0 Å². The van der Waals surface area contributed by atoms with E-state index in [0.717, 1.165) is 0 Å². The molecule has 0 aromatic carbocycles. The van der Waals surface area contributed by atoms with Crippen LogP contribution in [0.4, 0.5) is 0 Å². The van der Waals surface area contributed by atoms with Crippen LogP contribution in [0, 0.1) is 0 Å². The van der Waals surface area contributed by atoms with Crippen LogP contribution in [0.1, 0.15) is 0 Å². The number of hydrogen-bond acceptors (Lipinski definition) is 1. The molecule has 4 heteroatoms. The first kappa shape index (κ1) is 17.4. The monoisotopic (exact) mass is 149 g/mol.